The van der Waals surface area contributed by atoms with Crippen LogP contribution in [0.4, 0.5) is 4.79 Å². The van der Waals surface area contributed by atoms with Crippen molar-refractivity contribution in [2.75, 3.05) is 33.8 Å². The average Bonchev–Trinajstić information content (AvgIpc) is 2.50. The number of ether oxygens (including phenoxy) is 1. The molecule has 0 saturated carbocycles. The zero-order chi connectivity index (χ0) is 15.5. The minimum absolute atomic E-state index is 0.171. The van der Waals surface area contributed by atoms with Gasteiger partial charge >= 0.3 is 6.09 Å². The molecule has 21 heavy (non-hydrogen) atoms. The highest BCUT2D eigenvalue weighted by Gasteiger charge is 2.36. The molecule has 1 amide bonds. The van der Waals surface area contributed by atoms with E-state index < -0.39 is 0 Å². The molecule has 1 N–H and O–H groups in total. The Labute approximate surface area is 135 Å². The van der Waals surface area contributed by atoms with Gasteiger partial charge in [0.15, 0.2) is 0 Å². The van der Waals surface area contributed by atoms with Crippen LogP contribution in [-0.4, -0.2) is 44.8 Å². The number of hydrogen-bond acceptors (Lipinski definition) is 3. The van der Waals surface area contributed by atoms with E-state index >= 15 is 0 Å². The van der Waals surface area contributed by atoms with Crippen molar-refractivity contribution in [3.05, 3.63) is 33.8 Å². The maximum Gasteiger partial charge on any atom is 0.409 e. The Morgan fingerprint density at radius 2 is 2.19 bits per heavy atom. The van der Waals surface area contributed by atoms with Crippen molar-refractivity contribution < 1.29 is 9.53 Å². The van der Waals surface area contributed by atoms with Gasteiger partial charge in [0, 0.05) is 25.6 Å². The van der Waals surface area contributed by atoms with Gasteiger partial charge in [-0.2, -0.15) is 0 Å². The monoisotopic (exact) mass is 330 g/mol. The van der Waals surface area contributed by atoms with Crippen molar-refractivity contribution >= 4 is 29.3 Å². The summed E-state index contributed by atoms with van der Waals surface area (Å²) in [5, 5.41) is 4.50. The van der Waals surface area contributed by atoms with Crippen molar-refractivity contribution in [2.24, 2.45) is 0 Å². The van der Waals surface area contributed by atoms with Crippen molar-refractivity contribution in [2.45, 2.75) is 18.3 Å². The molecule has 6 heteroatoms. The van der Waals surface area contributed by atoms with Crippen molar-refractivity contribution in [1.82, 2.24) is 10.2 Å². The van der Waals surface area contributed by atoms with Gasteiger partial charge in [-0.1, -0.05) is 29.3 Å². The molecule has 0 aliphatic carbocycles. The summed E-state index contributed by atoms with van der Waals surface area (Å²) in [4.78, 5) is 13.3. The molecular formula is C15H20Cl2N2O2. The topological polar surface area (TPSA) is 41.6 Å². The third kappa shape index (κ3) is 3.62. The first-order valence-corrected chi connectivity index (χ1v) is 7.69. The quantitative estimate of drug-likeness (QED) is 0.924. The fourth-order valence-electron chi connectivity index (χ4n) is 2.94. The van der Waals surface area contributed by atoms with E-state index in [-0.39, 0.29) is 11.5 Å². The third-order valence-corrected chi connectivity index (χ3v) is 4.77. The first-order valence-electron chi connectivity index (χ1n) is 6.94. The van der Waals surface area contributed by atoms with Crippen LogP contribution < -0.4 is 5.32 Å². The molecule has 2 rings (SSSR count). The van der Waals surface area contributed by atoms with Crippen molar-refractivity contribution in [1.29, 1.82) is 0 Å². The van der Waals surface area contributed by atoms with E-state index in [2.05, 4.69) is 5.32 Å². The van der Waals surface area contributed by atoms with Crippen LogP contribution in [-0.2, 0) is 10.2 Å². The van der Waals surface area contributed by atoms with Crippen LogP contribution in [0.3, 0.4) is 0 Å². The molecule has 0 radical (unpaired) electrons. The molecule has 0 unspecified atom stereocenters. The molecule has 1 aliphatic rings. The number of rotatable bonds is 3. The fraction of sp³-hybridized carbons (Fsp3) is 0.533. The first-order chi connectivity index (χ1) is 9.98. The number of methoxy groups -OCH3 is 1. The highest BCUT2D eigenvalue weighted by molar-refractivity contribution is 6.42. The van der Waals surface area contributed by atoms with Gasteiger partial charge in [-0.15, -0.1) is 0 Å². The second kappa shape index (κ2) is 6.86. The van der Waals surface area contributed by atoms with Crippen LogP contribution in [0.5, 0.6) is 0 Å². The van der Waals surface area contributed by atoms with Crippen LogP contribution in [0.2, 0.25) is 10.0 Å². The molecule has 1 aliphatic heterocycles. The second-order valence-electron chi connectivity index (χ2n) is 5.52. The largest absolute Gasteiger partial charge is 0.453 e. The molecule has 1 fully saturated rings. The van der Waals surface area contributed by atoms with Crippen LogP contribution in [0.25, 0.3) is 0 Å². The molecule has 1 atom stereocenters. The number of nitrogens with one attached hydrogen (secondary N) is 1. The summed E-state index contributed by atoms with van der Waals surface area (Å²) in [6.07, 6.45) is 1.70. The van der Waals surface area contributed by atoms with E-state index in [0.29, 0.717) is 16.6 Å². The van der Waals surface area contributed by atoms with Crippen LogP contribution in [0, 0.1) is 0 Å². The summed E-state index contributed by atoms with van der Waals surface area (Å²) in [6, 6.07) is 5.71. The fourth-order valence-corrected chi connectivity index (χ4v) is 3.24. The molecule has 1 aromatic rings. The number of hydrogen-bond donors (Lipinski definition) is 1. The molecular weight excluding hydrogens is 311 g/mol. The highest BCUT2D eigenvalue weighted by atomic mass is 35.5. The van der Waals surface area contributed by atoms with Crippen LogP contribution >= 0.6 is 23.2 Å². The number of piperidine rings is 1. The van der Waals surface area contributed by atoms with Gasteiger partial charge in [0.05, 0.1) is 17.2 Å². The minimum atomic E-state index is -0.333. The van der Waals surface area contributed by atoms with Gasteiger partial charge in [0.25, 0.3) is 0 Å². The number of amides is 1. The summed E-state index contributed by atoms with van der Waals surface area (Å²) in [5.41, 5.74) is 0.926. The minimum Gasteiger partial charge on any atom is -0.453 e. The standard InChI is InChI=1S/C15H20Cl2N2O2/c1-19(14(20)21-2)10-15(6-3-7-18-9-15)11-4-5-12(16)13(17)8-11/h4-5,8,18H,3,6-7,9-10H2,1-2H3/t15-/m0/s1. The van der Waals surface area contributed by atoms with E-state index in [1.54, 1.807) is 11.9 Å². The van der Waals surface area contributed by atoms with E-state index in [4.69, 9.17) is 27.9 Å². The Morgan fingerprint density at radius 1 is 1.43 bits per heavy atom. The molecule has 0 aromatic heterocycles. The van der Waals surface area contributed by atoms with Gasteiger partial charge in [-0.25, -0.2) is 4.79 Å². The number of nitrogens with zero attached hydrogens (tertiary/aromatic N) is 1. The lowest BCUT2D eigenvalue weighted by Gasteiger charge is -2.40. The third-order valence-electron chi connectivity index (χ3n) is 4.03. The molecule has 4 nitrogen and oxygen atoms in total. The summed E-state index contributed by atoms with van der Waals surface area (Å²) < 4.78 is 4.80. The number of halogens is 2. The van der Waals surface area contributed by atoms with E-state index in [0.717, 1.165) is 31.5 Å². The normalized spacial score (nSPS) is 21.9. The van der Waals surface area contributed by atoms with E-state index in [1.165, 1.54) is 7.11 Å². The lowest BCUT2D eigenvalue weighted by atomic mass is 9.74. The number of carbonyl (C=O) groups excluding carboxylic acids is 1. The maximum absolute atomic E-state index is 11.7. The average molecular weight is 331 g/mol. The van der Waals surface area contributed by atoms with Crippen LogP contribution in [0.1, 0.15) is 18.4 Å². The highest BCUT2D eigenvalue weighted by Crippen LogP contribution is 2.35. The van der Waals surface area contributed by atoms with Gasteiger partial charge in [-0.3, -0.25) is 0 Å². The summed E-state index contributed by atoms with van der Waals surface area (Å²) in [6.45, 7) is 2.36. The van der Waals surface area contributed by atoms with Gasteiger partial charge in [-0.05, 0) is 37.1 Å². The Bertz CT molecular complexity index is 516. The number of benzene rings is 1. The smallest absolute Gasteiger partial charge is 0.409 e. The van der Waals surface area contributed by atoms with Gasteiger partial charge < -0.3 is 15.0 Å². The van der Waals surface area contributed by atoms with E-state index in [9.17, 15) is 4.79 Å². The summed E-state index contributed by atoms with van der Waals surface area (Å²) in [7, 11) is 3.14. The molecule has 116 valence electrons. The predicted molar refractivity (Wildman–Crippen MR) is 85.3 cm³/mol. The second-order valence-corrected chi connectivity index (χ2v) is 6.33. The van der Waals surface area contributed by atoms with Gasteiger partial charge in [0.1, 0.15) is 0 Å². The Balaban J connectivity index is 2.32. The van der Waals surface area contributed by atoms with Crippen molar-refractivity contribution in [3.63, 3.8) is 0 Å². The van der Waals surface area contributed by atoms with Gasteiger partial charge in [0.2, 0.25) is 0 Å². The first kappa shape index (κ1) is 16.4. The predicted octanol–water partition coefficient (Wildman–Crippen LogP) is 3.31. The zero-order valence-corrected chi connectivity index (χ0v) is 13.8. The summed E-state index contributed by atoms with van der Waals surface area (Å²) >= 11 is 12.2. The maximum atomic E-state index is 11.7. The Hall–Kier alpha value is -0.970. The van der Waals surface area contributed by atoms with Crippen molar-refractivity contribution in [3.8, 4) is 0 Å². The van der Waals surface area contributed by atoms with E-state index in [1.807, 2.05) is 18.2 Å². The lowest BCUT2D eigenvalue weighted by Crippen LogP contribution is -2.51. The molecule has 1 heterocycles. The lowest BCUT2D eigenvalue weighted by molar-refractivity contribution is 0.118. The number of carbonyl (C=O) groups is 1. The Kier molecular flexibility index (Phi) is 5.36. The van der Waals surface area contributed by atoms with Crippen LogP contribution in [0.15, 0.2) is 18.2 Å². The molecule has 0 bridgehead atoms. The molecule has 0 spiro atoms. The SMILES string of the molecule is COC(=O)N(C)C[C@]1(c2ccc(Cl)c(Cl)c2)CCCNC1. The zero-order valence-electron chi connectivity index (χ0n) is 12.3. The molecule has 1 aromatic carbocycles. The summed E-state index contributed by atoms with van der Waals surface area (Å²) in [5.74, 6) is 0. The number of likely N-dealkylation sites (N-methyl/N-ethyl adjacent to an activating group) is 1. The Morgan fingerprint density at radius 3 is 2.76 bits per heavy atom. The molecule has 1 saturated heterocycles.